The number of fused-ring (bicyclic) bond motifs is 2. The molecule has 0 aromatic heterocycles. The number of hydrogen-bond donors (Lipinski definition) is 3. The van der Waals surface area contributed by atoms with Crippen LogP contribution in [0.4, 0.5) is 5.69 Å². The summed E-state index contributed by atoms with van der Waals surface area (Å²) in [6.45, 7) is 7.18. The fourth-order valence-electron chi connectivity index (χ4n) is 5.62. The summed E-state index contributed by atoms with van der Waals surface area (Å²) in [6, 6.07) is 4.74. The van der Waals surface area contributed by atoms with E-state index in [2.05, 4.69) is 31.4 Å². The fourth-order valence-corrected chi connectivity index (χ4v) is 6.97. The minimum atomic E-state index is -3.91. The van der Waals surface area contributed by atoms with Crippen LogP contribution in [0.5, 0.6) is 0 Å². The van der Waals surface area contributed by atoms with Gasteiger partial charge in [0, 0.05) is 38.9 Å². The summed E-state index contributed by atoms with van der Waals surface area (Å²) in [4.78, 5) is 13.3. The number of carbonyl (C=O) groups is 1. The predicted molar refractivity (Wildman–Crippen MR) is 124 cm³/mol. The number of amides is 1. The fraction of sp³-hybridized carbons (Fsp3) is 0.696. The Hall–Kier alpha value is -1.68. The third kappa shape index (κ3) is 4.53. The molecule has 1 aromatic rings. The predicted octanol–water partition coefficient (Wildman–Crippen LogP) is 2.30. The second kappa shape index (κ2) is 9.29. The summed E-state index contributed by atoms with van der Waals surface area (Å²) in [5, 5.41) is 15.5. The highest BCUT2D eigenvalue weighted by Gasteiger charge is 2.59. The molecular weight excluding hydrogens is 430 g/mol. The van der Waals surface area contributed by atoms with Crippen molar-refractivity contribution in [3.63, 3.8) is 0 Å². The first-order chi connectivity index (χ1) is 15.0. The number of nitrogens with zero attached hydrogens (tertiary/aromatic N) is 1. The molecule has 0 radical (unpaired) electrons. The number of benzene rings is 1. The highest BCUT2D eigenvalue weighted by Crippen LogP contribution is 2.62. The van der Waals surface area contributed by atoms with Gasteiger partial charge >= 0.3 is 0 Å². The second-order valence-corrected chi connectivity index (χ2v) is 12.0. The quantitative estimate of drug-likeness (QED) is 0.456. The normalized spacial score (nSPS) is 26.5. The van der Waals surface area contributed by atoms with E-state index in [1.807, 2.05) is 0 Å². The van der Waals surface area contributed by atoms with Gasteiger partial charge in [0.1, 0.15) is 4.90 Å². The molecule has 0 aliphatic heterocycles. The van der Waals surface area contributed by atoms with Gasteiger partial charge in [-0.1, -0.05) is 20.8 Å². The van der Waals surface area contributed by atoms with Crippen molar-refractivity contribution < 1.29 is 23.1 Å². The van der Waals surface area contributed by atoms with Gasteiger partial charge in [-0.05, 0) is 54.2 Å². The van der Waals surface area contributed by atoms with Gasteiger partial charge in [-0.3, -0.25) is 4.79 Å². The minimum Gasteiger partial charge on any atom is -0.395 e. The van der Waals surface area contributed by atoms with E-state index < -0.39 is 10.0 Å². The van der Waals surface area contributed by atoms with Crippen molar-refractivity contribution in [2.75, 3.05) is 45.8 Å². The Balaban J connectivity index is 1.91. The molecule has 2 aliphatic carbocycles. The Labute approximate surface area is 191 Å². The van der Waals surface area contributed by atoms with E-state index in [1.54, 1.807) is 19.2 Å². The van der Waals surface area contributed by atoms with Gasteiger partial charge in [0.15, 0.2) is 0 Å². The minimum absolute atomic E-state index is 0.000554. The van der Waals surface area contributed by atoms with E-state index in [1.165, 1.54) is 19.5 Å². The molecule has 1 amide bonds. The van der Waals surface area contributed by atoms with Crippen LogP contribution in [0.1, 0.15) is 50.4 Å². The molecule has 9 heteroatoms. The number of ether oxygens (including phenoxy) is 1. The van der Waals surface area contributed by atoms with Crippen molar-refractivity contribution in [1.82, 2.24) is 9.62 Å². The molecule has 180 valence electrons. The van der Waals surface area contributed by atoms with Crippen molar-refractivity contribution in [3.05, 3.63) is 23.8 Å². The molecule has 1 aromatic carbocycles. The lowest BCUT2D eigenvalue weighted by Gasteiger charge is -2.43. The number of likely N-dealkylation sites (N-methyl/N-ethyl adjacent to an activating group) is 1. The standard InChI is InChI=1S/C23H37N3O5S/c1-22(2)17-8-9-23(3,15-17)21(22)25-20(28)16-6-7-18(24-10-13-31-5)19(14-16)32(29,30)26(4)11-12-27/h6-7,14,17,21,24,27H,8-13,15H2,1-5H3,(H,25,28). The van der Waals surface area contributed by atoms with Crippen LogP contribution in [-0.4, -0.2) is 70.2 Å². The largest absolute Gasteiger partial charge is 0.395 e. The zero-order valence-corrected chi connectivity index (χ0v) is 20.6. The highest BCUT2D eigenvalue weighted by molar-refractivity contribution is 7.89. The number of hydrogen-bond acceptors (Lipinski definition) is 6. The number of aliphatic hydroxyl groups is 1. The van der Waals surface area contributed by atoms with E-state index in [9.17, 15) is 18.3 Å². The molecule has 0 saturated heterocycles. The monoisotopic (exact) mass is 467 g/mol. The average Bonchev–Trinajstić information content (AvgIpc) is 3.22. The maximum Gasteiger partial charge on any atom is 0.251 e. The zero-order valence-electron chi connectivity index (χ0n) is 19.8. The smallest absolute Gasteiger partial charge is 0.251 e. The Morgan fingerprint density at radius 2 is 2.03 bits per heavy atom. The Bertz CT molecular complexity index is 944. The van der Waals surface area contributed by atoms with Gasteiger partial charge in [-0.2, -0.15) is 4.31 Å². The van der Waals surface area contributed by atoms with Crippen LogP contribution in [-0.2, 0) is 14.8 Å². The molecule has 3 unspecified atom stereocenters. The second-order valence-electron chi connectivity index (χ2n) is 10.0. The molecule has 0 heterocycles. The van der Waals surface area contributed by atoms with Crippen LogP contribution >= 0.6 is 0 Å². The summed E-state index contributed by atoms with van der Waals surface area (Å²) in [6.07, 6.45) is 3.40. The molecule has 2 saturated carbocycles. The molecule has 2 aliphatic rings. The van der Waals surface area contributed by atoms with Crippen LogP contribution in [0.2, 0.25) is 0 Å². The van der Waals surface area contributed by atoms with Crippen molar-refractivity contribution in [1.29, 1.82) is 0 Å². The van der Waals surface area contributed by atoms with E-state index in [0.29, 0.717) is 30.3 Å². The van der Waals surface area contributed by atoms with E-state index in [0.717, 1.165) is 17.1 Å². The van der Waals surface area contributed by atoms with Crippen LogP contribution in [0, 0.1) is 16.7 Å². The summed E-state index contributed by atoms with van der Waals surface area (Å²) in [5.74, 6) is 0.329. The lowest BCUT2D eigenvalue weighted by Crippen LogP contribution is -2.52. The van der Waals surface area contributed by atoms with Gasteiger partial charge < -0.3 is 20.5 Å². The maximum atomic E-state index is 13.3. The third-order valence-electron chi connectivity index (χ3n) is 7.51. The van der Waals surface area contributed by atoms with Crippen molar-refractivity contribution in [3.8, 4) is 0 Å². The molecular formula is C23H37N3O5S. The van der Waals surface area contributed by atoms with Crippen molar-refractivity contribution in [2.45, 2.75) is 51.0 Å². The molecule has 0 spiro atoms. The summed E-state index contributed by atoms with van der Waals surface area (Å²) < 4.78 is 32.5. The zero-order chi connectivity index (χ0) is 23.7. The van der Waals surface area contributed by atoms with Crippen LogP contribution in [0.3, 0.4) is 0 Å². The Morgan fingerprint density at radius 3 is 2.62 bits per heavy atom. The maximum absolute atomic E-state index is 13.3. The van der Waals surface area contributed by atoms with Gasteiger partial charge in [-0.25, -0.2) is 8.42 Å². The Kier molecular flexibility index (Phi) is 7.24. The topological polar surface area (TPSA) is 108 Å². The number of anilines is 1. The van der Waals surface area contributed by atoms with Gasteiger partial charge in [-0.15, -0.1) is 0 Å². The van der Waals surface area contributed by atoms with Gasteiger partial charge in [0.2, 0.25) is 10.0 Å². The Morgan fingerprint density at radius 1 is 1.31 bits per heavy atom. The van der Waals surface area contributed by atoms with Crippen molar-refractivity contribution >= 4 is 21.6 Å². The van der Waals surface area contributed by atoms with Crippen molar-refractivity contribution in [2.24, 2.45) is 16.7 Å². The van der Waals surface area contributed by atoms with Crippen LogP contribution < -0.4 is 10.6 Å². The number of carbonyl (C=O) groups excluding carboxylic acids is 1. The van der Waals surface area contributed by atoms with E-state index in [4.69, 9.17) is 4.74 Å². The third-order valence-corrected chi connectivity index (χ3v) is 9.41. The molecule has 32 heavy (non-hydrogen) atoms. The number of aliphatic hydroxyl groups excluding tert-OH is 1. The van der Waals surface area contributed by atoms with Gasteiger partial charge in [0.05, 0.1) is 18.9 Å². The SMILES string of the molecule is COCCNc1ccc(C(=O)NC2C3(C)CCC(C3)C2(C)C)cc1S(=O)(=O)N(C)CCO. The first-order valence-electron chi connectivity index (χ1n) is 11.2. The first kappa shape index (κ1) is 25.0. The van der Waals surface area contributed by atoms with E-state index in [-0.39, 0.29) is 40.8 Å². The van der Waals surface area contributed by atoms with Crippen LogP contribution in [0.25, 0.3) is 0 Å². The molecule has 3 rings (SSSR count). The number of methoxy groups -OCH3 is 1. The molecule has 2 bridgehead atoms. The first-order valence-corrected chi connectivity index (χ1v) is 12.7. The summed E-state index contributed by atoms with van der Waals surface area (Å²) >= 11 is 0. The number of nitrogens with one attached hydrogen (secondary N) is 2. The molecule has 2 fully saturated rings. The molecule has 3 N–H and O–H groups in total. The summed E-state index contributed by atoms with van der Waals surface area (Å²) in [7, 11) is -0.924. The lowest BCUT2D eigenvalue weighted by atomic mass is 9.68. The highest BCUT2D eigenvalue weighted by atomic mass is 32.2. The molecule has 3 atom stereocenters. The number of sulfonamides is 1. The molecule has 8 nitrogen and oxygen atoms in total. The summed E-state index contributed by atoms with van der Waals surface area (Å²) in [5.41, 5.74) is 0.776. The van der Waals surface area contributed by atoms with Crippen LogP contribution in [0.15, 0.2) is 23.1 Å². The lowest BCUT2D eigenvalue weighted by molar-refractivity contribution is 0.0737. The van der Waals surface area contributed by atoms with Gasteiger partial charge in [0.25, 0.3) is 5.91 Å². The number of rotatable bonds is 10. The average molecular weight is 468 g/mol. The van der Waals surface area contributed by atoms with E-state index >= 15 is 0 Å².